The maximum absolute atomic E-state index is 11.8. The van der Waals surface area contributed by atoms with Crippen LogP contribution >= 0.6 is 0 Å². The van der Waals surface area contributed by atoms with Crippen LogP contribution in [0.4, 0.5) is 0 Å². The Kier molecular flexibility index (Phi) is 5.26. The van der Waals surface area contributed by atoms with Crippen molar-refractivity contribution in [2.45, 2.75) is 51.4 Å². The van der Waals surface area contributed by atoms with Crippen molar-refractivity contribution in [3.05, 3.63) is 101 Å². The first-order chi connectivity index (χ1) is 16.3. The highest BCUT2D eigenvalue weighted by Gasteiger charge is 2.25. The van der Waals surface area contributed by atoms with Crippen LogP contribution in [0.25, 0.3) is 33.4 Å². The molecule has 6 rings (SSSR count). The number of aromatic hydroxyl groups is 1. The van der Waals surface area contributed by atoms with E-state index >= 15 is 0 Å². The van der Waals surface area contributed by atoms with Crippen LogP contribution in [0.1, 0.15) is 47.9 Å². The van der Waals surface area contributed by atoms with Gasteiger partial charge in [0.1, 0.15) is 5.75 Å². The summed E-state index contributed by atoms with van der Waals surface area (Å²) in [6.45, 7) is 0. The molecule has 0 aromatic heterocycles. The molecule has 0 unspecified atom stereocenters. The highest BCUT2D eigenvalue weighted by molar-refractivity contribution is 5.89. The molecule has 0 aliphatic heterocycles. The van der Waals surface area contributed by atoms with E-state index in [-0.39, 0.29) is 0 Å². The lowest BCUT2D eigenvalue weighted by Crippen LogP contribution is -2.09. The molecule has 1 heteroatoms. The molecule has 0 spiro atoms. The summed E-state index contributed by atoms with van der Waals surface area (Å²) in [5.74, 6) is 0.458. The molecule has 164 valence electrons. The van der Waals surface area contributed by atoms with Crippen LogP contribution in [-0.2, 0) is 25.7 Å². The fourth-order valence-corrected chi connectivity index (χ4v) is 5.91. The van der Waals surface area contributed by atoms with Gasteiger partial charge in [-0.1, -0.05) is 66.7 Å². The van der Waals surface area contributed by atoms with Gasteiger partial charge in [0.15, 0.2) is 0 Å². The SMILES string of the molecule is Oc1c(-c2ccccc2)cc2c(c1-c1cc(-c3ccccc3)cc3c1CCCC3)CCCC2. The summed E-state index contributed by atoms with van der Waals surface area (Å²) in [5.41, 5.74) is 12.7. The maximum Gasteiger partial charge on any atom is 0.131 e. The Morgan fingerprint density at radius 1 is 0.485 bits per heavy atom. The van der Waals surface area contributed by atoms with E-state index in [0.29, 0.717) is 5.75 Å². The summed E-state index contributed by atoms with van der Waals surface area (Å²) in [6, 6.07) is 28.1. The van der Waals surface area contributed by atoms with E-state index < -0.39 is 0 Å². The topological polar surface area (TPSA) is 20.2 Å². The lowest BCUT2D eigenvalue weighted by atomic mass is 9.78. The highest BCUT2D eigenvalue weighted by atomic mass is 16.3. The number of phenols is 1. The molecule has 0 fully saturated rings. The van der Waals surface area contributed by atoms with Gasteiger partial charge in [-0.15, -0.1) is 0 Å². The minimum atomic E-state index is 0.458. The van der Waals surface area contributed by atoms with Crippen LogP contribution in [-0.4, -0.2) is 5.11 Å². The largest absolute Gasteiger partial charge is 0.507 e. The van der Waals surface area contributed by atoms with Gasteiger partial charge in [0.25, 0.3) is 0 Å². The summed E-state index contributed by atoms with van der Waals surface area (Å²) < 4.78 is 0. The Morgan fingerprint density at radius 2 is 1.06 bits per heavy atom. The van der Waals surface area contributed by atoms with Gasteiger partial charge in [0.05, 0.1) is 0 Å². The molecule has 0 bridgehead atoms. The van der Waals surface area contributed by atoms with E-state index in [4.69, 9.17) is 0 Å². The lowest BCUT2D eigenvalue weighted by molar-refractivity contribution is 0.477. The third-order valence-electron chi connectivity index (χ3n) is 7.55. The van der Waals surface area contributed by atoms with Crippen LogP contribution in [0.3, 0.4) is 0 Å². The van der Waals surface area contributed by atoms with Crippen molar-refractivity contribution in [2.75, 3.05) is 0 Å². The highest BCUT2D eigenvalue weighted by Crippen LogP contribution is 2.47. The molecular weight excluding hydrogens is 400 g/mol. The van der Waals surface area contributed by atoms with Gasteiger partial charge in [0.2, 0.25) is 0 Å². The first-order valence-corrected chi connectivity index (χ1v) is 12.4. The standard InChI is InChI=1S/C32H30O/c33-32-29(23-13-5-2-6-14-23)20-25-16-8-10-18-28(25)31(32)30-21-26(22-11-3-1-4-12-22)19-24-15-7-9-17-27(24)30/h1-6,11-14,19-21,33H,7-10,15-18H2. The number of hydrogen-bond acceptors (Lipinski definition) is 1. The molecule has 0 radical (unpaired) electrons. The average Bonchev–Trinajstić information content (AvgIpc) is 2.89. The zero-order valence-electron chi connectivity index (χ0n) is 19.1. The Balaban J connectivity index is 1.65. The maximum atomic E-state index is 11.8. The van der Waals surface area contributed by atoms with E-state index in [1.807, 2.05) is 6.07 Å². The van der Waals surface area contributed by atoms with Crippen molar-refractivity contribution in [1.82, 2.24) is 0 Å². The van der Waals surface area contributed by atoms with Crippen LogP contribution in [0, 0.1) is 0 Å². The molecule has 0 heterocycles. The molecule has 4 aromatic carbocycles. The van der Waals surface area contributed by atoms with Crippen LogP contribution in [0.15, 0.2) is 78.9 Å². The molecule has 2 aliphatic rings. The van der Waals surface area contributed by atoms with Crippen molar-refractivity contribution < 1.29 is 5.11 Å². The monoisotopic (exact) mass is 430 g/mol. The first kappa shape index (κ1) is 20.3. The van der Waals surface area contributed by atoms with Crippen molar-refractivity contribution in [1.29, 1.82) is 0 Å². The van der Waals surface area contributed by atoms with Gasteiger partial charge in [-0.25, -0.2) is 0 Å². The summed E-state index contributed by atoms with van der Waals surface area (Å²) in [7, 11) is 0. The Bertz CT molecular complexity index is 1300. The van der Waals surface area contributed by atoms with E-state index in [9.17, 15) is 5.11 Å². The van der Waals surface area contributed by atoms with Gasteiger partial charge >= 0.3 is 0 Å². The number of aryl methyl sites for hydroxylation is 2. The van der Waals surface area contributed by atoms with E-state index in [0.717, 1.165) is 42.4 Å². The lowest BCUT2D eigenvalue weighted by Gasteiger charge is -2.27. The predicted octanol–water partition coefficient (Wildman–Crippen LogP) is 8.15. The summed E-state index contributed by atoms with van der Waals surface area (Å²) in [5, 5.41) is 11.8. The first-order valence-electron chi connectivity index (χ1n) is 12.4. The fraction of sp³-hybridized carbons (Fsp3) is 0.250. The third-order valence-corrected chi connectivity index (χ3v) is 7.55. The second kappa shape index (κ2) is 8.56. The summed E-state index contributed by atoms with van der Waals surface area (Å²) in [6.07, 6.45) is 9.29. The minimum Gasteiger partial charge on any atom is -0.507 e. The number of hydrogen-bond donors (Lipinski definition) is 1. The summed E-state index contributed by atoms with van der Waals surface area (Å²) in [4.78, 5) is 0. The molecule has 33 heavy (non-hydrogen) atoms. The number of fused-ring (bicyclic) bond motifs is 2. The second-order valence-corrected chi connectivity index (χ2v) is 9.59. The van der Waals surface area contributed by atoms with E-state index in [2.05, 4.69) is 72.8 Å². The third kappa shape index (κ3) is 3.66. The minimum absolute atomic E-state index is 0.458. The van der Waals surface area contributed by atoms with E-state index in [1.54, 1.807) is 0 Å². The Hall–Kier alpha value is -3.32. The normalized spacial score (nSPS) is 15.0. The van der Waals surface area contributed by atoms with Crippen LogP contribution < -0.4 is 0 Å². The van der Waals surface area contributed by atoms with Crippen molar-refractivity contribution in [3.8, 4) is 39.1 Å². The van der Waals surface area contributed by atoms with Crippen LogP contribution in [0.5, 0.6) is 5.75 Å². The molecule has 0 saturated carbocycles. The molecular formula is C32H30O. The number of rotatable bonds is 3. The van der Waals surface area contributed by atoms with Crippen LogP contribution in [0.2, 0.25) is 0 Å². The molecule has 2 aliphatic carbocycles. The molecule has 4 aromatic rings. The Morgan fingerprint density at radius 3 is 1.76 bits per heavy atom. The van der Waals surface area contributed by atoms with E-state index in [1.165, 1.54) is 64.6 Å². The number of phenolic OH excluding ortho intramolecular Hbond substituents is 1. The van der Waals surface area contributed by atoms with Crippen molar-refractivity contribution >= 4 is 0 Å². The number of benzene rings is 4. The van der Waals surface area contributed by atoms with Gasteiger partial charge < -0.3 is 5.11 Å². The van der Waals surface area contributed by atoms with Gasteiger partial charge in [-0.2, -0.15) is 0 Å². The quantitative estimate of drug-likeness (QED) is 0.348. The van der Waals surface area contributed by atoms with Gasteiger partial charge in [-0.3, -0.25) is 0 Å². The zero-order valence-corrected chi connectivity index (χ0v) is 19.1. The van der Waals surface area contributed by atoms with Crippen molar-refractivity contribution in [2.24, 2.45) is 0 Å². The van der Waals surface area contributed by atoms with Crippen molar-refractivity contribution in [3.63, 3.8) is 0 Å². The Labute approximate surface area is 196 Å². The summed E-state index contributed by atoms with van der Waals surface area (Å²) >= 11 is 0. The van der Waals surface area contributed by atoms with Gasteiger partial charge in [0, 0.05) is 11.1 Å². The molecule has 0 saturated heterocycles. The molecule has 0 atom stereocenters. The fourth-order valence-electron chi connectivity index (χ4n) is 5.91. The zero-order chi connectivity index (χ0) is 22.2. The smallest absolute Gasteiger partial charge is 0.131 e. The van der Waals surface area contributed by atoms with Gasteiger partial charge in [-0.05, 0) is 108 Å². The molecule has 1 N–H and O–H groups in total. The molecule has 0 amide bonds. The second-order valence-electron chi connectivity index (χ2n) is 9.59. The molecule has 1 nitrogen and oxygen atoms in total. The predicted molar refractivity (Wildman–Crippen MR) is 138 cm³/mol. The average molecular weight is 431 g/mol.